The van der Waals surface area contributed by atoms with Crippen LogP contribution in [-0.4, -0.2) is 0 Å². The first-order chi connectivity index (χ1) is 21.6. The van der Waals surface area contributed by atoms with E-state index in [2.05, 4.69) is 179 Å². The monoisotopic (exact) mass is 674 g/mol. The fourth-order valence-corrected chi connectivity index (χ4v) is 6.69. The molecular formula is C44H67O3P. The van der Waals surface area contributed by atoms with Crippen LogP contribution < -0.4 is 13.6 Å². The fourth-order valence-electron chi connectivity index (χ4n) is 5.60. The molecule has 0 aliphatic carbocycles. The minimum atomic E-state index is -1.89. The van der Waals surface area contributed by atoms with Gasteiger partial charge in [0.05, 0.1) is 0 Å². The van der Waals surface area contributed by atoms with E-state index in [-0.39, 0.29) is 32.5 Å². The molecule has 0 bridgehead atoms. The number of rotatable bonds is 9. The average molecular weight is 675 g/mol. The van der Waals surface area contributed by atoms with Crippen LogP contribution in [0.2, 0.25) is 0 Å². The van der Waals surface area contributed by atoms with Crippen molar-refractivity contribution in [3.05, 3.63) is 88.0 Å². The largest absolute Gasteiger partial charge is 0.530 e. The maximum absolute atomic E-state index is 6.98. The zero-order valence-electron chi connectivity index (χ0n) is 33.8. The predicted molar refractivity (Wildman–Crippen MR) is 209 cm³/mol. The van der Waals surface area contributed by atoms with Crippen LogP contribution in [0.1, 0.15) is 164 Å². The molecule has 3 nitrogen and oxygen atoms in total. The molecule has 1 unspecified atom stereocenters. The van der Waals surface area contributed by atoms with Gasteiger partial charge in [-0.1, -0.05) is 161 Å². The normalized spacial score (nSPS) is 14.1. The van der Waals surface area contributed by atoms with Gasteiger partial charge in [0.15, 0.2) is 0 Å². The molecule has 0 radical (unpaired) electrons. The lowest BCUT2D eigenvalue weighted by Gasteiger charge is -2.31. The molecule has 266 valence electrons. The molecule has 0 fully saturated rings. The molecule has 0 aliphatic heterocycles. The zero-order chi connectivity index (χ0) is 36.7. The van der Waals surface area contributed by atoms with E-state index in [0.29, 0.717) is 0 Å². The lowest BCUT2D eigenvalue weighted by molar-refractivity contribution is 0.365. The molecule has 1 atom stereocenters. The summed E-state index contributed by atoms with van der Waals surface area (Å²) in [5.41, 5.74) is 7.22. The number of hydrogen-bond donors (Lipinski definition) is 0. The smallest absolute Gasteiger partial charge is 0.408 e. The van der Waals surface area contributed by atoms with Crippen molar-refractivity contribution in [3.63, 3.8) is 0 Å². The fraction of sp³-hybridized carbons (Fsp3) is 0.591. The van der Waals surface area contributed by atoms with E-state index in [1.165, 1.54) is 27.8 Å². The summed E-state index contributed by atoms with van der Waals surface area (Å²) >= 11 is 0. The third-order valence-corrected chi connectivity index (χ3v) is 10.3. The maximum Gasteiger partial charge on any atom is 0.530 e. The van der Waals surface area contributed by atoms with Gasteiger partial charge in [-0.05, 0) is 85.8 Å². The molecule has 0 spiro atoms. The average Bonchev–Trinajstić information content (AvgIpc) is 2.91. The van der Waals surface area contributed by atoms with Crippen LogP contribution in [-0.2, 0) is 33.5 Å². The Hall–Kier alpha value is -2.51. The molecule has 48 heavy (non-hydrogen) atoms. The van der Waals surface area contributed by atoms with Crippen molar-refractivity contribution < 1.29 is 13.6 Å². The molecule has 0 saturated heterocycles. The minimum Gasteiger partial charge on any atom is -0.408 e. The summed E-state index contributed by atoms with van der Waals surface area (Å²) in [7, 11) is -1.89. The van der Waals surface area contributed by atoms with Crippen molar-refractivity contribution in [3.8, 4) is 17.2 Å². The Morgan fingerprint density at radius 3 is 1.23 bits per heavy atom. The van der Waals surface area contributed by atoms with E-state index in [9.17, 15) is 0 Å². The summed E-state index contributed by atoms with van der Waals surface area (Å²) in [5.74, 6) is 2.43. The van der Waals surface area contributed by atoms with Gasteiger partial charge in [-0.25, -0.2) is 0 Å². The standard InChI is InChI=1S/C44H67O3P/c1-19-44(17,18)35-28-33(42(11,12)13)22-25-38(35)47-48(46-37-24-21-32(41(8,9)10)27-34(37)43(14,15)16)45-36-23-20-31(40(5,6)7)26-30(36)29-39(2,3)4/h20-28H,19,29H2,1-18H3. The van der Waals surface area contributed by atoms with Crippen LogP contribution in [0.4, 0.5) is 0 Å². The summed E-state index contributed by atoms with van der Waals surface area (Å²) in [6.45, 7) is 40.7. The summed E-state index contributed by atoms with van der Waals surface area (Å²) in [5, 5.41) is 0. The van der Waals surface area contributed by atoms with Gasteiger partial charge in [0.2, 0.25) is 0 Å². The molecule has 3 aromatic carbocycles. The second kappa shape index (κ2) is 14.0. The van der Waals surface area contributed by atoms with Crippen molar-refractivity contribution in [2.45, 2.75) is 165 Å². The van der Waals surface area contributed by atoms with E-state index in [4.69, 9.17) is 13.6 Å². The van der Waals surface area contributed by atoms with Crippen molar-refractivity contribution in [1.29, 1.82) is 0 Å². The molecular weight excluding hydrogens is 607 g/mol. The van der Waals surface area contributed by atoms with Gasteiger partial charge in [0.1, 0.15) is 17.2 Å². The maximum atomic E-state index is 6.98. The zero-order valence-corrected chi connectivity index (χ0v) is 34.7. The minimum absolute atomic E-state index is 0.0158. The van der Waals surface area contributed by atoms with Crippen LogP contribution in [0.3, 0.4) is 0 Å². The molecule has 0 aromatic heterocycles. The van der Waals surface area contributed by atoms with Crippen LogP contribution in [0.5, 0.6) is 17.2 Å². The van der Waals surface area contributed by atoms with Gasteiger partial charge in [-0.15, -0.1) is 0 Å². The van der Waals surface area contributed by atoms with Gasteiger partial charge < -0.3 is 13.6 Å². The van der Waals surface area contributed by atoms with Gasteiger partial charge in [0, 0.05) is 11.1 Å². The molecule has 4 heteroatoms. The van der Waals surface area contributed by atoms with Crippen LogP contribution in [0.15, 0.2) is 54.6 Å². The van der Waals surface area contributed by atoms with Crippen molar-refractivity contribution in [2.24, 2.45) is 5.41 Å². The van der Waals surface area contributed by atoms with Gasteiger partial charge in [-0.2, -0.15) is 0 Å². The number of hydrogen-bond acceptors (Lipinski definition) is 3. The lowest BCUT2D eigenvalue weighted by Crippen LogP contribution is -2.20. The van der Waals surface area contributed by atoms with E-state index in [1.54, 1.807) is 0 Å². The van der Waals surface area contributed by atoms with Crippen molar-refractivity contribution in [2.75, 3.05) is 0 Å². The Labute approximate surface area is 296 Å². The Kier molecular flexibility index (Phi) is 11.7. The van der Waals surface area contributed by atoms with Crippen LogP contribution in [0.25, 0.3) is 0 Å². The molecule has 0 aliphatic rings. The molecule has 0 N–H and O–H groups in total. The summed E-state index contributed by atoms with van der Waals surface area (Å²) in [6, 6.07) is 19.9. The highest BCUT2D eigenvalue weighted by Gasteiger charge is 2.32. The van der Waals surface area contributed by atoms with Crippen molar-refractivity contribution >= 4 is 8.60 Å². The Balaban J connectivity index is 2.25. The van der Waals surface area contributed by atoms with Crippen LogP contribution >= 0.6 is 8.60 Å². The highest BCUT2D eigenvalue weighted by molar-refractivity contribution is 7.43. The van der Waals surface area contributed by atoms with E-state index >= 15 is 0 Å². The van der Waals surface area contributed by atoms with E-state index in [0.717, 1.165) is 35.7 Å². The first-order valence-electron chi connectivity index (χ1n) is 17.9. The Morgan fingerprint density at radius 1 is 0.458 bits per heavy atom. The van der Waals surface area contributed by atoms with Crippen LogP contribution in [0, 0.1) is 5.41 Å². The summed E-state index contributed by atoms with van der Waals surface area (Å²) in [6.07, 6.45) is 1.85. The highest BCUT2D eigenvalue weighted by atomic mass is 31.2. The van der Waals surface area contributed by atoms with Gasteiger partial charge in [-0.3, -0.25) is 0 Å². The molecule has 0 amide bonds. The molecule has 3 aromatic rings. The third-order valence-electron chi connectivity index (χ3n) is 9.28. The van der Waals surface area contributed by atoms with Gasteiger partial charge in [0.25, 0.3) is 0 Å². The Morgan fingerprint density at radius 2 is 0.833 bits per heavy atom. The topological polar surface area (TPSA) is 27.7 Å². The summed E-state index contributed by atoms with van der Waals surface area (Å²) < 4.78 is 20.9. The molecule has 0 heterocycles. The Bertz CT molecular complexity index is 1550. The second-order valence-corrected chi connectivity index (χ2v) is 20.7. The predicted octanol–water partition coefficient (Wildman–Crippen LogP) is 13.9. The second-order valence-electron chi connectivity index (χ2n) is 19.7. The van der Waals surface area contributed by atoms with Crippen molar-refractivity contribution in [1.82, 2.24) is 0 Å². The molecule has 3 rings (SSSR count). The lowest BCUT2D eigenvalue weighted by atomic mass is 9.78. The highest BCUT2D eigenvalue weighted by Crippen LogP contribution is 2.50. The van der Waals surface area contributed by atoms with E-state index < -0.39 is 8.60 Å². The number of benzene rings is 3. The quantitative estimate of drug-likeness (QED) is 0.211. The molecule has 0 saturated carbocycles. The summed E-state index contributed by atoms with van der Waals surface area (Å²) in [4.78, 5) is 0. The van der Waals surface area contributed by atoms with Gasteiger partial charge >= 0.3 is 8.60 Å². The SMILES string of the molecule is CCC(C)(C)c1cc(C(C)(C)C)ccc1OP(Oc1ccc(C(C)(C)C)cc1CC(C)(C)C)Oc1ccc(C(C)(C)C)cc1C(C)(C)C. The first-order valence-corrected chi connectivity index (χ1v) is 19.0. The van der Waals surface area contributed by atoms with E-state index in [1.807, 2.05) is 0 Å². The third kappa shape index (κ3) is 10.5. The first kappa shape index (κ1) is 39.9.